The van der Waals surface area contributed by atoms with E-state index in [2.05, 4.69) is 31.9 Å². The number of aryl methyl sites for hydroxylation is 2. The summed E-state index contributed by atoms with van der Waals surface area (Å²) in [5.41, 5.74) is 2.77. The van der Waals surface area contributed by atoms with Gasteiger partial charge in [-0.1, -0.05) is 34.1 Å². The van der Waals surface area contributed by atoms with Crippen LogP contribution in [0.1, 0.15) is 29.0 Å². The summed E-state index contributed by atoms with van der Waals surface area (Å²) in [7, 11) is 1.65. The van der Waals surface area contributed by atoms with Gasteiger partial charge in [0.25, 0.3) is 5.91 Å². The first-order valence-corrected chi connectivity index (χ1v) is 12.2. The summed E-state index contributed by atoms with van der Waals surface area (Å²) in [5, 5.41) is 3.00. The number of carbonyl (C=O) groups is 1. The lowest BCUT2D eigenvalue weighted by Crippen LogP contribution is -2.25. The zero-order valence-electron chi connectivity index (χ0n) is 19.2. The van der Waals surface area contributed by atoms with Crippen molar-refractivity contribution in [3.8, 4) is 11.5 Å². The van der Waals surface area contributed by atoms with Crippen molar-refractivity contribution in [2.45, 2.75) is 25.8 Å². The van der Waals surface area contributed by atoms with Crippen LogP contribution in [-0.4, -0.2) is 35.7 Å². The normalized spacial score (nSPS) is 10.9. The second-order valence-corrected chi connectivity index (χ2v) is 8.83. The van der Waals surface area contributed by atoms with Crippen molar-refractivity contribution < 1.29 is 14.3 Å². The highest BCUT2D eigenvalue weighted by Crippen LogP contribution is 2.20. The molecule has 1 heterocycles. The summed E-state index contributed by atoms with van der Waals surface area (Å²) in [4.78, 5) is 17.2. The van der Waals surface area contributed by atoms with E-state index in [0.29, 0.717) is 18.7 Å². The maximum atomic E-state index is 12.3. The highest BCUT2D eigenvalue weighted by atomic mass is 79.9. The molecular formula is C27H28BrN3O3. The maximum absolute atomic E-state index is 12.3. The zero-order valence-corrected chi connectivity index (χ0v) is 20.8. The minimum atomic E-state index is -0.0595. The lowest BCUT2D eigenvalue weighted by atomic mass is 10.2. The number of hydrogen-bond donors (Lipinski definition) is 1. The van der Waals surface area contributed by atoms with Gasteiger partial charge in [0.05, 0.1) is 24.8 Å². The molecule has 34 heavy (non-hydrogen) atoms. The first-order chi connectivity index (χ1) is 16.6. The molecule has 0 fully saturated rings. The molecule has 0 saturated heterocycles. The van der Waals surface area contributed by atoms with E-state index in [4.69, 9.17) is 14.5 Å². The first-order valence-electron chi connectivity index (χ1n) is 11.4. The van der Waals surface area contributed by atoms with Crippen molar-refractivity contribution in [1.82, 2.24) is 14.9 Å². The van der Waals surface area contributed by atoms with Crippen molar-refractivity contribution >= 4 is 32.9 Å². The van der Waals surface area contributed by atoms with Crippen LogP contribution in [0.15, 0.2) is 77.3 Å². The van der Waals surface area contributed by atoms with Gasteiger partial charge in [0.1, 0.15) is 17.3 Å². The SMILES string of the molecule is COc1cccc(OCCCn2c(CCCNC(=O)c3ccc(Br)cc3)nc3ccccc32)c1. The quantitative estimate of drug-likeness (QED) is 0.259. The molecule has 0 radical (unpaired) electrons. The molecule has 4 aromatic rings. The minimum absolute atomic E-state index is 0.0595. The molecule has 0 atom stereocenters. The van der Waals surface area contributed by atoms with Gasteiger partial charge >= 0.3 is 0 Å². The van der Waals surface area contributed by atoms with Crippen LogP contribution in [0.2, 0.25) is 0 Å². The van der Waals surface area contributed by atoms with Gasteiger partial charge in [-0.2, -0.15) is 0 Å². The van der Waals surface area contributed by atoms with Crippen molar-refractivity contribution in [2.75, 3.05) is 20.3 Å². The molecule has 7 heteroatoms. The third kappa shape index (κ3) is 6.17. The second kappa shape index (κ2) is 11.7. The molecule has 0 aliphatic heterocycles. The fourth-order valence-electron chi connectivity index (χ4n) is 3.82. The number of fused-ring (bicyclic) bond motifs is 1. The van der Waals surface area contributed by atoms with E-state index >= 15 is 0 Å². The largest absolute Gasteiger partial charge is 0.497 e. The number of methoxy groups -OCH3 is 1. The van der Waals surface area contributed by atoms with Crippen LogP contribution in [-0.2, 0) is 13.0 Å². The molecule has 1 N–H and O–H groups in total. The third-order valence-corrected chi connectivity index (χ3v) is 6.07. The number of nitrogens with zero attached hydrogens (tertiary/aromatic N) is 2. The molecule has 0 aliphatic carbocycles. The fraction of sp³-hybridized carbons (Fsp3) is 0.259. The second-order valence-electron chi connectivity index (χ2n) is 7.92. The number of amides is 1. The van der Waals surface area contributed by atoms with Gasteiger partial charge in [0.15, 0.2) is 0 Å². The average Bonchev–Trinajstić information content (AvgIpc) is 3.22. The van der Waals surface area contributed by atoms with E-state index in [1.54, 1.807) is 7.11 Å². The summed E-state index contributed by atoms with van der Waals surface area (Å²) in [5.74, 6) is 2.56. The summed E-state index contributed by atoms with van der Waals surface area (Å²) < 4.78 is 14.4. The van der Waals surface area contributed by atoms with Gasteiger partial charge in [0, 0.05) is 35.6 Å². The fourth-order valence-corrected chi connectivity index (χ4v) is 4.09. The minimum Gasteiger partial charge on any atom is -0.497 e. The van der Waals surface area contributed by atoms with E-state index in [9.17, 15) is 4.79 Å². The number of para-hydroxylation sites is 2. The number of imidazole rings is 1. The van der Waals surface area contributed by atoms with Crippen LogP contribution in [0.4, 0.5) is 0 Å². The van der Waals surface area contributed by atoms with Gasteiger partial charge in [-0.15, -0.1) is 0 Å². The summed E-state index contributed by atoms with van der Waals surface area (Å²) in [6.45, 7) is 2.00. The highest BCUT2D eigenvalue weighted by Gasteiger charge is 2.11. The molecular weight excluding hydrogens is 494 g/mol. The molecule has 6 nitrogen and oxygen atoms in total. The van der Waals surface area contributed by atoms with Crippen LogP contribution < -0.4 is 14.8 Å². The van der Waals surface area contributed by atoms with Crippen molar-refractivity contribution in [3.05, 3.63) is 88.7 Å². The van der Waals surface area contributed by atoms with Crippen LogP contribution in [0, 0.1) is 0 Å². The number of benzene rings is 3. The Morgan fingerprint density at radius 3 is 2.62 bits per heavy atom. The topological polar surface area (TPSA) is 65.4 Å². The summed E-state index contributed by atoms with van der Waals surface area (Å²) in [6, 6.07) is 23.2. The molecule has 1 aromatic heterocycles. The van der Waals surface area contributed by atoms with Gasteiger partial charge in [-0.05, 0) is 61.4 Å². The number of ether oxygens (including phenoxy) is 2. The smallest absolute Gasteiger partial charge is 0.251 e. The molecule has 0 aliphatic rings. The standard InChI is InChI=1S/C27H28BrN3O3/c1-33-22-7-4-8-23(19-22)34-18-6-17-31-25-10-3-2-9-24(25)30-26(31)11-5-16-29-27(32)20-12-14-21(28)15-13-20/h2-4,7-10,12-15,19H,5-6,11,16-18H2,1H3,(H,29,32). The van der Waals surface area contributed by atoms with E-state index < -0.39 is 0 Å². The summed E-state index contributed by atoms with van der Waals surface area (Å²) in [6.07, 6.45) is 2.45. The van der Waals surface area contributed by atoms with Crippen molar-refractivity contribution in [1.29, 1.82) is 0 Å². The van der Waals surface area contributed by atoms with Gasteiger partial charge in [-0.3, -0.25) is 4.79 Å². The Balaban J connectivity index is 1.32. The Bertz CT molecular complexity index is 1240. The zero-order chi connectivity index (χ0) is 23.8. The lowest BCUT2D eigenvalue weighted by Gasteiger charge is -2.11. The van der Waals surface area contributed by atoms with Crippen molar-refractivity contribution in [2.24, 2.45) is 0 Å². The molecule has 0 saturated carbocycles. The molecule has 4 rings (SSSR count). The Morgan fingerprint density at radius 1 is 1.00 bits per heavy atom. The lowest BCUT2D eigenvalue weighted by molar-refractivity contribution is 0.0953. The maximum Gasteiger partial charge on any atom is 0.251 e. The van der Waals surface area contributed by atoms with Crippen LogP contribution >= 0.6 is 15.9 Å². The molecule has 176 valence electrons. The van der Waals surface area contributed by atoms with Gasteiger partial charge in [0.2, 0.25) is 0 Å². The Hall–Kier alpha value is -3.32. The highest BCUT2D eigenvalue weighted by molar-refractivity contribution is 9.10. The summed E-state index contributed by atoms with van der Waals surface area (Å²) >= 11 is 3.39. The average molecular weight is 522 g/mol. The molecule has 1 amide bonds. The van der Waals surface area contributed by atoms with Gasteiger partial charge in [-0.25, -0.2) is 4.98 Å². The third-order valence-electron chi connectivity index (χ3n) is 5.54. The van der Waals surface area contributed by atoms with Gasteiger partial charge < -0.3 is 19.4 Å². The number of aromatic nitrogens is 2. The van der Waals surface area contributed by atoms with E-state index in [-0.39, 0.29) is 5.91 Å². The number of halogens is 1. The van der Waals surface area contributed by atoms with Crippen LogP contribution in [0.3, 0.4) is 0 Å². The van der Waals surface area contributed by atoms with E-state index in [1.165, 1.54) is 0 Å². The molecule has 0 unspecified atom stereocenters. The Morgan fingerprint density at radius 2 is 1.79 bits per heavy atom. The Labute approximate surface area is 208 Å². The Kier molecular flexibility index (Phi) is 8.20. The van der Waals surface area contributed by atoms with E-state index in [1.807, 2.05) is 66.7 Å². The first kappa shape index (κ1) is 23.8. The monoisotopic (exact) mass is 521 g/mol. The van der Waals surface area contributed by atoms with Crippen LogP contribution in [0.5, 0.6) is 11.5 Å². The van der Waals surface area contributed by atoms with E-state index in [0.717, 1.165) is 58.6 Å². The molecule has 0 spiro atoms. The van der Waals surface area contributed by atoms with Crippen molar-refractivity contribution in [3.63, 3.8) is 0 Å². The number of hydrogen-bond acceptors (Lipinski definition) is 4. The molecule has 0 bridgehead atoms. The molecule has 3 aromatic carbocycles. The number of rotatable bonds is 11. The predicted octanol–water partition coefficient (Wildman–Crippen LogP) is 5.64. The number of nitrogens with one attached hydrogen (secondary N) is 1. The van der Waals surface area contributed by atoms with Crippen LogP contribution in [0.25, 0.3) is 11.0 Å². The predicted molar refractivity (Wildman–Crippen MR) is 138 cm³/mol. The number of carbonyl (C=O) groups excluding carboxylic acids is 1.